The average molecular weight is 887 g/mol. The molecule has 0 aromatic carbocycles. The molecule has 5 heterocycles. The first-order valence-electron chi connectivity index (χ1n) is 23.1. The molecule has 10 heteroatoms. The minimum atomic E-state index is -1.30. The fourth-order valence-corrected chi connectivity index (χ4v) is 9.22. The molecule has 1 aromatic rings. The Morgan fingerprint density at radius 1 is 0.831 bits per heavy atom. The number of hydrogen-bond acceptors (Lipinski definition) is 8. The molecule has 0 N–H and O–H groups in total. The number of hydrogen-bond donors (Lipinski definition) is 0. The molecule has 338 valence electrons. The van der Waals surface area contributed by atoms with E-state index in [0.29, 0.717) is 67.4 Å². The maximum atomic E-state index is 14.3. The molecule has 65 heavy (non-hydrogen) atoms. The van der Waals surface area contributed by atoms with Crippen LogP contribution >= 0.6 is 0 Å². The molecule has 8 bridgehead atoms. The van der Waals surface area contributed by atoms with Gasteiger partial charge in [-0.2, -0.15) is 0 Å². The number of aromatic nitrogens is 1. The van der Waals surface area contributed by atoms with Gasteiger partial charge in [-0.25, -0.2) is 19.8 Å². The summed E-state index contributed by atoms with van der Waals surface area (Å²) >= 11 is 0. The molecule has 9 nitrogen and oxygen atoms in total. The van der Waals surface area contributed by atoms with Crippen LogP contribution in [0.3, 0.4) is 0 Å². The Labute approximate surface area is 402 Å². The van der Waals surface area contributed by atoms with Gasteiger partial charge in [-0.05, 0) is 123 Å². The van der Waals surface area contributed by atoms with E-state index in [9.17, 15) is 14.7 Å². The van der Waals surface area contributed by atoms with E-state index in [0.717, 1.165) is 58.2 Å². The van der Waals surface area contributed by atoms with E-state index in [4.69, 9.17) is 29.4 Å². The Hall–Kier alpha value is -5.06. The molecule has 5 aliphatic rings. The fourth-order valence-electron chi connectivity index (χ4n) is 9.22. The van der Waals surface area contributed by atoms with Crippen molar-refractivity contribution >= 4 is 69.9 Å². The molecule has 3 atom stereocenters. The Bertz CT molecular complexity index is 2610. The van der Waals surface area contributed by atoms with Crippen LogP contribution in [0.1, 0.15) is 124 Å². The topological polar surface area (TPSA) is 127 Å². The summed E-state index contributed by atoms with van der Waals surface area (Å²) in [5, 5.41) is 15.2. The number of allylic oxidation sites excluding steroid dienone is 9. The minimum Gasteiger partial charge on any atom is -0.874 e. The molecule has 0 spiro atoms. The molecule has 0 saturated carbocycles. The zero-order chi connectivity index (χ0) is 46.4. The van der Waals surface area contributed by atoms with Crippen molar-refractivity contribution in [3.05, 3.63) is 133 Å². The van der Waals surface area contributed by atoms with Crippen LogP contribution in [0.2, 0.25) is 0 Å². The largest absolute Gasteiger partial charge is 2.00 e. The summed E-state index contributed by atoms with van der Waals surface area (Å²) in [6.07, 6.45) is 25.4. The summed E-state index contributed by atoms with van der Waals surface area (Å²) in [5.74, 6) is -0.675. The molecule has 0 fully saturated rings. The van der Waals surface area contributed by atoms with Crippen LogP contribution in [0.25, 0.3) is 17.7 Å². The van der Waals surface area contributed by atoms with Crippen LogP contribution in [-0.4, -0.2) is 65.8 Å². The second-order valence-electron chi connectivity index (χ2n) is 18.5. The van der Waals surface area contributed by atoms with Crippen molar-refractivity contribution in [3.8, 4) is 0 Å². The number of carbonyl (C=O) groups excluding carboxylic acids is 2. The Morgan fingerprint density at radius 2 is 1.42 bits per heavy atom. The van der Waals surface area contributed by atoms with E-state index >= 15 is 0 Å². The second kappa shape index (κ2) is 22.4. The zero-order valence-electron chi connectivity index (χ0n) is 40.5. The zero-order valence-corrected chi connectivity index (χ0v) is 41.9. The monoisotopic (exact) mass is 886 g/mol. The number of fused-ring (bicyclic) bond motifs is 5. The van der Waals surface area contributed by atoms with Crippen LogP contribution in [0, 0.1) is 30.6 Å². The number of rotatable bonds is 19. The maximum absolute atomic E-state index is 14.3. The summed E-state index contributed by atoms with van der Waals surface area (Å²) in [4.78, 5) is 46.9. The number of methoxy groups -OCH3 is 1. The standard InChI is InChI=1S/C55H68N4O5.Mg/c1-13-39-35(8)42-28-44-37(10)41(24-25-48(60)64-27-26-34(7)23-17-22-33(6)21-16-20-32(5)19-15-18-31(3)4)52(58-44)50-51(55(62)63-12)54(61)49-38(11)45(59-53(49)50)30-47-40(14-2)36(9)43(57-47)29-46(39)56-42;/h13-14,24-26,28-33,51H,1-2,15-23,27H2,3-12H3,(H2,56,57,58,59,60,61);/q;+2/p-2/b34-26+,42-28?,43-29?,44-28?,45-30?,46-29?,47-30?,52-50?;/t32?,33?,51-;/m1./s1. The molecule has 6 rings (SSSR count). The number of ether oxygens (including phenoxy) is 2. The number of esters is 2. The van der Waals surface area contributed by atoms with Crippen LogP contribution in [0.15, 0.2) is 126 Å². The van der Waals surface area contributed by atoms with Crippen LogP contribution in [-0.2, 0) is 19.1 Å². The molecular weight excluding hydrogens is 821 g/mol. The predicted molar refractivity (Wildman–Crippen MR) is 265 cm³/mol. The van der Waals surface area contributed by atoms with Gasteiger partial charge in [0.05, 0.1) is 47.3 Å². The van der Waals surface area contributed by atoms with Gasteiger partial charge >= 0.3 is 35.0 Å². The van der Waals surface area contributed by atoms with Gasteiger partial charge in [0.2, 0.25) is 0 Å². The van der Waals surface area contributed by atoms with E-state index < -0.39 is 23.6 Å². The van der Waals surface area contributed by atoms with Gasteiger partial charge in [0.25, 0.3) is 0 Å². The van der Waals surface area contributed by atoms with Gasteiger partial charge in [-0.1, -0.05) is 115 Å². The summed E-state index contributed by atoms with van der Waals surface area (Å²) in [6.45, 7) is 27.4. The van der Waals surface area contributed by atoms with E-state index in [-0.39, 0.29) is 29.7 Å². The van der Waals surface area contributed by atoms with E-state index in [1.165, 1.54) is 63.7 Å². The molecule has 1 aromatic heterocycles. The minimum absolute atomic E-state index is 0. The van der Waals surface area contributed by atoms with Crippen molar-refractivity contribution in [2.45, 2.75) is 120 Å². The van der Waals surface area contributed by atoms with Crippen LogP contribution < -0.4 is 20.8 Å². The van der Waals surface area contributed by atoms with Crippen molar-refractivity contribution < 1.29 is 24.2 Å². The average Bonchev–Trinajstić information content (AvgIpc) is 3.99. The van der Waals surface area contributed by atoms with Gasteiger partial charge in [0, 0.05) is 17.2 Å². The van der Waals surface area contributed by atoms with Gasteiger partial charge < -0.3 is 19.6 Å². The van der Waals surface area contributed by atoms with Crippen LogP contribution in [0.5, 0.6) is 0 Å². The fraction of sp³-hybridized carbons (Fsp3) is 0.436. The van der Waals surface area contributed by atoms with Gasteiger partial charge in [-0.15, -0.1) is 16.5 Å². The number of carbonyl (C=O) groups is 2. The van der Waals surface area contributed by atoms with E-state index in [2.05, 4.69) is 47.8 Å². The maximum Gasteiger partial charge on any atom is 2.00 e. The number of nitrogens with zero attached hydrogens (tertiary/aromatic N) is 4. The quantitative estimate of drug-likeness (QED) is 0.0590. The van der Waals surface area contributed by atoms with Crippen molar-refractivity contribution in [2.75, 3.05) is 13.7 Å². The second-order valence-corrected chi connectivity index (χ2v) is 18.5. The molecule has 4 aliphatic heterocycles. The van der Waals surface area contributed by atoms with Crippen molar-refractivity contribution in [1.82, 2.24) is 4.98 Å². The smallest absolute Gasteiger partial charge is 0.874 e. The Morgan fingerprint density at radius 3 is 2.02 bits per heavy atom. The van der Waals surface area contributed by atoms with Crippen molar-refractivity contribution in [3.63, 3.8) is 0 Å². The van der Waals surface area contributed by atoms with Gasteiger partial charge in [0.1, 0.15) is 6.61 Å². The Kier molecular flexibility index (Phi) is 17.6. The number of aliphatic imine (C=N–C) groups is 3. The molecule has 0 saturated heterocycles. The summed E-state index contributed by atoms with van der Waals surface area (Å²) < 4.78 is 10.9. The first kappa shape index (κ1) is 50.9. The third kappa shape index (κ3) is 11.3. The molecule has 0 radical (unpaired) electrons. The SMILES string of the molecule is C=CC1=C(C)C2=NC1=CC1=C(C)C3=C([O-])[C@H](C(=O)OC)C(=c4[n-]c(c(C)c4/C=C/C(=O)OC/C=C(\C)CCCC(C)CCCC(C)CCCC(C)C)=CC4=NC(=C2)C(C=C)=C4C)C3=N1.[Mg+2]. The summed E-state index contributed by atoms with van der Waals surface area (Å²) in [6, 6.07) is 0. The summed E-state index contributed by atoms with van der Waals surface area (Å²) in [7, 11) is 1.26. The molecule has 1 aliphatic carbocycles. The third-order valence-corrected chi connectivity index (χ3v) is 13.3. The Balaban J connectivity index is 0.00000793. The van der Waals surface area contributed by atoms with Crippen molar-refractivity contribution in [2.24, 2.45) is 38.6 Å². The molecule has 2 unspecified atom stereocenters. The third-order valence-electron chi connectivity index (χ3n) is 13.3. The van der Waals surface area contributed by atoms with Gasteiger partial charge in [-0.3, -0.25) is 4.79 Å². The van der Waals surface area contributed by atoms with Crippen molar-refractivity contribution in [1.29, 1.82) is 0 Å². The van der Waals surface area contributed by atoms with Gasteiger partial charge in [0.15, 0.2) is 0 Å². The first-order valence-corrected chi connectivity index (χ1v) is 23.1. The molecular formula is C55H66MgN4O5. The van der Waals surface area contributed by atoms with E-state index in [1.54, 1.807) is 18.2 Å². The van der Waals surface area contributed by atoms with E-state index in [1.807, 2.05) is 52.0 Å². The summed E-state index contributed by atoms with van der Waals surface area (Å²) in [5.41, 5.74) is 10.9. The molecule has 0 amide bonds. The van der Waals surface area contributed by atoms with Crippen LogP contribution in [0.4, 0.5) is 0 Å². The first-order chi connectivity index (χ1) is 30.6. The normalized spacial score (nSPS) is 19.0. The predicted octanol–water partition coefficient (Wildman–Crippen LogP) is 9.29.